The molecule has 130 valence electrons. The van der Waals surface area contributed by atoms with E-state index in [9.17, 15) is 15.0 Å². The number of hydrogen-bond donors (Lipinski definition) is 2. The standard InChI is InChI=1S/C18H22ClNO4/c1-20-12-8-6-4-2-3-5-7-9-24-18(23)16-13(10-12)17(19)15(22)11-14(16)21/h3,5,11,21-22H,2,4,6-10H2,1H3/b5-3+,20-12?. The Kier molecular flexibility index (Phi) is 6.67. The van der Waals surface area contributed by atoms with Gasteiger partial charge >= 0.3 is 5.97 Å². The van der Waals surface area contributed by atoms with Gasteiger partial charge < -0.3 is 14.9 Å². The number of allylic oxidation sites excluding steroid dienone is 1. The number of fused-ring (bicyclic) bond motifs is 1. The van der Waals surface area contributed by atoms with Gasteiger partial charge in [0.1, 0.15) is 17.1 Å². The fourth-order valence-corrected chi connectivity index (χ4v) is 2.90. The molecule has 0 radical (unpaired) electrons. The highest BCUT2D eigenvalue weighted by molar-refractivity contribution is 6.33. The highest BCUT2D eigenvalue weighted by Gasteiger charge is 2.24. The molecule has 1 heterocycles. The number of cyclic esters (lactones) is 1. The molecule has 0 bridgehead atoms. The molecule has 0 fully saturated rings. The van der Waals surface area contributed by atoms with Crippen molar-refractivity contribution < 1.29 is 19.7 Å². The van der Waals surface area contributed by atoms with Crippen molar-refractivity contribution in [2.24, 2.45) is 4.99 Å². The quantitative estimate of drug-likeness (QED) is 0.546. The molecule has 0 atom stereocenters. The number of esters is 1. The van der Waals surface area contributed by atoms with E-state index < -0.39 is 5.97 Å². The first-order chi connectivity index (χ1) is 11.5. The maximum atomic E-state index is 12.4. The molecule has 0 saturated heterocycles. The molecule has 0 spiro atoms. The van der Waals surface area contributed by atoms with E-state index in [0.717, 1.165) is 37.5 Å². The van der Waals surface area contributed by atoms with Gasteiger partial charge in [-0.2, -0.15) is 0 Å². The second-order valence-corrected chi connectivity index (χ2v) is 6.07. The Hall–Kier alpha value is -2.01. The maximum Gasteiger partial charge on any atom is 0.342 e. The van der Waals surface area contributed by atoms with Crippen molar-refractivity contribution in [1.29, 1.82) is 0 Å². The van der Waals surface area contributed by atoms with Crippen molar-refractivity contribution in [2.45, 2.75) is 38.5 Å². The SMILES string of the molecule is CN=C1CCCC/C=C/CCOC(=O)c2c(O)cc(O)c(Cl)c2C1. The van der Waals surface area contributed by atoms with Gasteiger partial charge in [0.05, 0.1) is 11.6 Å². The minimum absolute atomic E-state index is 0.0000102. The highest BCUT2D eigenvalue weighted by atomic mass is 35.5. The summed E-state index contributed by atoms with van der Waals surface area (Å²) >= 11 is 6.19. The molecular weight excluding hydrogens is 330 g/mol. The zero-order valence-corrected chi connectivity index (χ0v) is 14.5. The predicted octanol–water partition coefficient (Wildman–Crippen LogP) is 4.04. The van der Waals surface area contributed by atoms with E-state index in [1.165, 1.54) is 0 Å². The van der Waals surface area contributed by atoms with Gasteiger partial charge in [0.15, 0.2) is 0 Å². The lowest BCUT2D eigenvalue weighted by Crippen LogP contribution is -2.13. The van der Waals surface area contributed by atoms with E-state index in [1.54, 1.807) is 7.05 Å². The molecule has 0 aromatic heterocycles. The van der Waals surface area contributed by atoms with Gasteiger partial charge in [-0.05, 0) is 37.7 Å². The van der Waals surface area contributed by atoms with Gasteiger partial charge in [0.2, 0.25) is 0 Å². The lowest BCUT2D eigenvalue weighted by molar-refractivity contribution is 0.0507. The summed E-state index contributed by atoms with van der Waals surface area (Å²) in [5.41, 5.74) is 1.21. The largest absolute Gasteiger partial charge is 0.507 e. The number of aromatic hydroxyl groups is 2. The van der Waals surface area contributed by atoms with Crippen molar-refractivity contribution >= 4 is 23.3 Å². The number of phenolic OH excluding ortho intramolecular Hbond substituents is 2. The van der Waals surface area contributed by atoms with E-state index in [1.807, 2.05) is 6.08 Å². The number of ether oxygens (including phenoxy) is 1. The molecule has 0 amide bonds. The normalized spacial score (nSPS) is 20.1. The number of carbonyl (C=O) groups excluding carboxylic acids is 1. The number of aliphatic imine (C=N–C) groups is 1. The Labute approximate surface area is 146 Å². The molecule has 1 aliphatic rings. The van der Waals surface area contributed by atoms with Crippen LogP contribution in [0.3, 0.4) is 0 Å². The van der Waals surface area contributed by atoms with Crippen LogP contribution in [-0.4, -0.2) is 35.5 Å². The summed E-state index contributed by atoms with van der Waals surface area (Å²) in [6, 6.07) is 1.06. The number of hydrogen-bond acceptors (Lipinski definition) is 5. The minimum atomic E-state index is -0.648. The summed E-state index contributed by atoms with van der Waals surface area (Å²) in [6.45, 7) is 0.224. The maximum absolute atomic E-state index is 12.4. The summed E-state index contributed by atoms with van der Waals surface area (Å²) in [5.74, 6) is -1.25. The Morgan fingerprint density at radius 3 is 2.67 bits per heavy atom. The summed E-state index contributed by atoms with van der Waals surface area (Å²) < 4.78 is 5.23. The molecule has 1 aromatic carbocycles. The molecule has 0 unspecified atom stereocenters. The van der Waals surface area contributed by atoms with E-state index >= 15 is 0 Å². The van der Waals surface area contributed by atoms with Gasteiger partial charge in [-0.25, -0.2) is 4.79 Å². The molecule has 2 N–H and O–H groups in total. The summed E-state index contributed by atoms with van der Waals surface area (Å²) in [6.07, 6.45) is 8.74. The fourth-order valence-electron chi connectivity index (χ4n) is 2.68. The zero-order valence-electron chi connectivity index (χ0n) is 13.7. The summed E-state index contributed by atoms with van der Waals surface area (Å²) in [5, 5.41) is 20.1. The molecule has 5 nitrogen and oxygen atoms in total. The van der Waals surface area contributed by atoms with Crippen LogP contribution in [0.15, 0.2) is 23.2 Å². The minimum Gasteiger partial charge on any atom is -0.507 e. The molecule has 0 aliphatic carbocycles. The van der Waals surface area contributed by atoms with Crippen molar-refractivity contribution in [3.63, 3.8) is 0 Å². The van der Waals surface area contributed by atoms with Crippen LogP contribution in [0.5, 0.6) is 11.5 Å². The number of benzene rings is 1. The molecule has 1 aromatic rings. The van der Waals surface area contributed by atoms with Gasteiger partial charge in [-0.15, -0.1) is 0 Å². The smallest absolute Gasteiger partial charge is 0.342 e. The molecular formula is C18H22ClNO4. The molecule has 24 heavy (non-hydrogen) atoms. The summed E-state index contributed by atoms with van der Waals surface area (Å²) in [4.78, 5) is 16.6. The average Bonchev–Trinajstić information content (AvgIpc) is 2.55. The number of halogens is 1. The lowest BCUT2D eigenvalue weighted by Gasteiger charge is -2.15. The van der Waals surface area contributed by atoms with Crippen LogP contribution in [-0.2, 0) is 11.2 Å². The van der Waals surface area contributed by atoms with Crippen LogP contribution in [0.4, 0.5) is 0 Å². The molecule has 6 heteroatoms. The van der Waals surface area contributed by atoms with E-state index in [-0.39, 0.29) is 35.1 Å². The van der Waals surface area contributed by atoms with Crippen LogP contribution in [0.2, 0.25) is 5.02 Å². The lowest BCUT2D eigenvalue weighted by atomic mass is 9.97. The van der Waals surface area contributed by atoms with Gasteiger partial charge in [0, 0.05) is 25.2 Å². The third-order valence-electron chi connectivity index (χ3n) is 3.99. The van der Waals surface area contributed by atoms with Gasteiger partial charge in [-0.3, -0.25) is 4.99 Å². The van der Waals surface area contributed by atoms with Crippen LogP contribution < -0.4 is 0 Å². The van der Waals surface area contributed by atoms with Crippen molar-refractivity contribution in [3.05, 3.63) is 34.4 Å². The Balaban J connectivity index is 2.43. The topological polar surface area (TPSA) is 79.1 Å². The van der Waals surface area contributed by atoms with Crippen LogP contribution >= 0.6 is 11.6 Å². The molecule has 2 rings (SSSR count). The van der Waals surface area contributed by atoms with Crippen molar-refractivity contribution in [2.75, 3.05) is 13.7 Å². The van der Waals surface area contributed by atoms with Gasteiger partial charge in [0.25, 0.3) is 0 Å². The number of rotatable bonds is 0. The van der Waals surface area contributed by atoms with Crippen LogP contribution in [0.1, 0.15) is 48.0 Å². The molecule has 1 aliphatic heterocycles. The third kappa shape index (κ3) is 4.51. The van der Waals surface area contributed by atoms with Crippen LogP contribution in [0, 0.1) is 0 Å². The van der Waals surface area contributed by atoms with E-state index in [0.29, 0.717) is 12.0 Å². The first-order valence-corrected chi connectivity index (χ1v) is 8.42. The Morgan fingerprint density at radius 2 is 1.92 bits per heavy atom. The number of nitrogens with zero attached hydrogens (tertiary/aromatic N) is 1. The third-order valence-corrected chi connectivity index (χ3v) is 4.41. The monoisotopic (exact) mass is 351 g/mol. The molecule has 0 saturated carbocycles. The Morgan fingerprint density at radius 1 is 1.17 bits per heavy atom. The average molecular weight is 352 g/mol. The highest BCUT2D eigenvalue weighted by Crippen LogP contribution is 2.37. The van der Waals surface area contributed by atoms with Crippen LogP contribution in [0.25, 0.3) is 0 Å². The first-order valence-electron chi connectivity index (χ1n) is 8.04. The predicted molar refractivity (Wildman–Crippen MR) is 94.4 cm³/mol. The van der Waals surface area contributed by atoms with E-state index in [4.69, 9.17) is 16.3 Å². The first kappa shape index (κ1) is 18.3. The zero-order chi connectivity index (χ0) is 17.5. The summed E-state index contributed by atoms with van der Waals surface area (Å²) in [7, 11) is 1.69. The van der Waals surface area contributed by atoms with Crippen molar-refractivity contribution in [3.8, 4) is 11.5 Å². The van der Waals surface area contributed by atoms with Gasteiger partial charge in [-0.1, -0.05) is 23.8 Å². The number of phenols is 2. The second-order valence-electron chi connectivity index (χ2n) is 5.69. The fraction of sp³-hybridized carbons (Fsp3) is 0.444. The number of carbonyl (C=O) groups is 1. The Bertz CT molecular complexity index is 667. The van der Waals surface area contributed by atoms with E-state index in [2.05, 4.69) is 11.1 Å². The van der Waals surface area contributed by atoms with Crippen molar-refractivity contribution in [1.82, 2.24) is 0 Å². The second kappa shape index (κ2) is 8.73.